The molecule has 1 aliphatic carbocycles. The van der Waals surface area contributed by atoms with Crippen LogP contribution in [0.5, 0.6) is 0 Å². The van der Waals surface area contributed by atoms with E-state index in [1.165, 1.54) is 0 Å². The standard InChI is InChI=1S/C23H30N4O3S/c1-13-25-17(21(24)29)8-9-27(13)19-11-20-18(10-16(19)23(2,3)30)26-22(31-20)15-6-4-14(12-28)5-7-15/h8-11,13-15,28,30H,4-7,12H2,1-3H3,(H2,24,29). The van der Waals surface area contributed by atoms with E-state index in [4.69, 9.17) is 10.7 Å². The van der Waals surface area contributed by atoms with Crippen molar-refractivity contribution in [3.05, 3.63) is 35.0 Å². The van der Waals surface area contributed by atoms with Gasteiger partial charge in [-0.2, -0.15) is 0 Å². The Morgan fingerprint density at radius 1 is 1.29 bits per heavy atom. The first-order chi connectivity index (χ1) is 14.7. The van der Waals surface area contributed by atoms with Crippen LogP contribution in [-0.2, 0) is 10.4 Å². The van der Waals surface area contributed by atoms with Crippen LogP contribution in [0.4, 0.5) is 5.69 Å². The lowest BCUT2D eigenvalue weighted by atomic mass is 9.83. The van der Waals surface area contributed by atoms with Crippen molar-refractivity contribution in [2.24, 2.45) is 16.6 Å². The van der Waals surface area contributed by atoms with Crippen LogP contribution < -0.4 is 10.6 Å². The van der Waals surface area contributed by atoms with Gasteiger partial charge in [0.15, 0.2) is 0 Å². The molecule has 4 N–H and O–H groups in total. The molecule has 8 heteroatoms. The van der Waals surface area contributed by atoms with Crippen molar-refractivity contribution in [3.8, 4) is 0 Å². The van der Waals surface area contributed by atoms with Crippen molar-refractivity contribution in [1.82, 2.24) is 4.98 Å². The zero-order valence-electron chi connectivity index (χ0n) is 18.2. The number of carbonyl (C=O) groups is 1. The van der Waals surface area contributed by atoms with Gasteiger partial charge >= 0.3 is 0 Å². The number of aliphatic imine (C=N–C) groups is 1. The predicted octanol–water partition coefficient (Wildman–Crippen LogP) is 3.40. The van der Waals surface area contributed by atoms with E-state index in [1.54, 1.807) is 37.5 Å². The van der Waals surface area contributed by atoms with E-state index in [0.29, 0.717) is 11.8 Å². The number of aromatic nitrogens is 1. The Kier molecular flexibility index (Phi) is 5.89. The topological polar surface area (TPSA) is 112 Å². The second-order valence-electron chi connectivity index (χ2n) is 9.08. The van der Waals surface area contributed by atoms with E-state index in [-0.39, 0.29) is 18.5 Å². The van der Waals surface area contributed by atoms with Gasteiger partial charge in [0.2, 0.25) is 0 Å². The zero-order valence-corrected chi connectivity index (χ0v) is 19.0. The van der Waals surface area contributed by atoms with Crippen molar-refractivity contribution in [3.63, 3.8) is 0 Å². The van der Waals surface area contributed by atoms with E-state index in [1.807, 2.05) is 17.9 Å². The van der Waals surface area contributed by atoms with Crippen molar-refractivity contribution in [2.75, 3.05) is 11.5 Å². The number of hydrogen-bond acceptors (Lipinski definition) is 7. The van der Waals surface area contributed by atoms with Gasteiger partial charge in [-0.05, 0) is 70.6 Å². The molecule has 1 unspecified atom stereocenters. The number of fused-ring (bicyclic) bond motifs is 1. The van der Waals surface area contributed by atoms with E-state index >= 15 is 0 Å². The fourth-order valence-electron chi connectivity index (χ4n) is 4.46. The summed E-state index contributed by atoms with van der Waals surface area (Å²) in [5, 5.41) is 21.4. The van der Waals surface area contributed by atoms with E-state index in [9.17, 15) is 15.0 Å². The summed E-state index contributed by atoms with van der Waals surface area (Å²) in [6.45, 7) is 5.68. The molecule has 1 aliphatic heterocycles. The number of aliphatic hydroxyl groups excluding tert-OH is 1. The minimum absolute atomic E-state index is 0.244. The van der Waals surface area contributed by atoms with Crippen LogP contribution in [-0.4, -0.2) is 39.6 Å². The Hall–Kier alpha value is -2.29. The number of rotatable bonds is 5. The van der Waals surface area contributed by atoms with E-state index in [0.717, 1.165) is 52.2 Å². The van der Waals surface area contributed by atoms with Crippen molar-refractivity contribution >= 4 is 38.9 Å². The molecule has 1 atom stereocenters. The molecule has 1 fully saturated rings. The molecule has 0 radical (unpaired) electrons. The smallest absolute Gasteiger partial charge is 0.266 e. The number of nitrogens with zero attached hydrogens (tertiary/aromatic N) is 3. The summed E-state index contributed by atoms with van der Waals surface area (Å²) in [4.78, 5) is 22.8. The highest BCUT2D eigenvalue weighted by atomic mass is 32.1. The maximum atomic E-state index is 11.5. The minimum Gasteiger partial charge on any atom is -0.396 e. The van der Waals surface area contributed by atoms with Crippen LogP contribution in [0.1, 0.15) is 62.9 Å². The van der Waals surface area contributed by atoms with Crippen LogP contribution in [0.25, 0.3) is 10.2 Å². The summed E-state index contributed by atoms with van der Waals surface area (Å²) in [6, 6.07) is 4.03. The molecule has 2 aromatic rings. The Bertz CT molecular complexity index is 1050. The number of aliphatic hydroxyl groups is 2. The van der Waals surface area contributed by atoms with E-state index in [2.05, 4.69) is 11.1 Å². The van der Waals surface area contributed by atoms with Gasteiger partial charge in [0, 0.05) is 24.3 Å². The first kappa shape index (κ1) is 21.9. The maximum absolute atomic E-state index is 11.5. The van der Waals surface area contributed by atoms with Crippen molar-refractivity contribution in [2.45, 2.75) is 64.1 Å². The van der Waals surface area contributed by atoms with Crippen LogP contribution >= 0.6 is 11.3 Å². The number of hydrogen-bond donors (Lipinski definition) is 3. The highest BCUT2D eigenvalue weighted by Gasteiger charge is 2.29. The second kappa shape index (κ2) is 8.33. The van der Waals surface area contributed by atoms with Gasteiger partial charge in [0.1, 0.15) is 11.9 Å². The molecule has 0 saturated heterocycles. The van der Waals surface area contributed by atoms with Crippen LogP contribution in [0, 0.1) is 5.92 Å². The third-order valence-corrected chi connectivity index (χ3v) is 7.47. The van der Waals surface area contributed by atoms with E-state index < -0.39 is 11.5 Å². The summed E-state index contributed by atoms with van der Waals surface area (Å²) >= 11 is 1.70. The van der Waals surface area contributed by atoms with Crippen molar-refractivity contribution < 1.29 is 15.0 Å². The Morgan fingerprint density at radius 3 is 2.58 bits per heavy atom. The average Bonchev–Trinajstić information content (AvgIpc) is 3.15. The molecule has 1 aromatic heterocycles. The Balaban J connectivity index is 1.72. The first-order valence-electron chi connectivity index (χ1n) is 10.8. The number of benzene rings is 1. The molecule has 166 valence electrons. The normalized spacial score (nSPS) is 24.5. The summed E-state index contributed by atoms with van der Waals surface area (Å²) in [7, 11) is 0. The fraction of sp³-hybridized carbons (Fsp3) is 0.522. The molecule has 2 heterocycles. The lowest BCUT2D eigenvalue weighted by molar-refractivity contribution is -0.111. The third-order valence-electron chi connectivity index (χ3n) is 6.29. The zero-order chi connectivity index (χ0) is 22.3. The maximum Gasteiger partial charge on any atom is 0.266 e. The number of nitrogens with two attached hydrogens (primary N) is 1. The van der Waals surface area contributed by atoms with Gasteiger partial charge < -0.3 is 20.8 Å². The van der Waals surface area contributed by atoms with Gasteiger partial charge in [-0.3, -0.25) is 9.79 Å². The Labute approximate surface area is 186 Å². The molecule has 7 nitrogen and oxygen atoms in total. The summed E-state index contributed by atoms with van der Waals surface area (Å²) < 4.78 is 1.06. The molecular weight excluding hydrogens is 412 g/mol. The highest BCUT2D eigenvalue weighted by molar-refractivity contribution is 7.18. The van der Waals surface area contributed by atoms with Crippen molar-refractivity contribution in [1.29, 1.82) is 0 Å². The number of thiazole rings is 1. The lowest BCUT2D eigenvalue weighted by Gasteiger charge is -2.32. The molecule has 4 rings (SSSR count). The SMILES string of the molecule is CC1N=C(C(N)=O)C=CN1c1cc2sc(C3CCC(CO)CC3)nc2cc1C(C)(C)O. The number of carbonyl (C=O) groups excluding carboxylic acids is 1. The number of primary amides is 1. The highest BCUT2D eigenvalue weighted by Crippen LogP contribution is 2.42. The molecule has 31 heavy (non-hydrogen) atoms. The largest absolute Gasteiger partial charge is 0.396 e. The monoisotopic (exact) mass is 442 g/mol. The predicted molar refractivity (Wildman–Crippen MR) is 124 cm³/mol. The molecule has 1 aromatic carbocycles. The van der Waals surface area contributed by atoms with Crippen LogP contribution in [0.15, 0.2) is 29.4 Å². The molecule has 0 spiro atoms. The number of amides is 1. The number of anilines is 1. The molecule has 1 saturated carbocycles. The Morgan fingerprint density at radius 2 is 2.00 bits per heavy atom. The summed E-state index contributed by atoms with van der Waals surface area (Å²) in [6.07, 6.45) is 7.25. The quantitative estimate of drug-likeness (QED) is 0.657. The van der Waals surface area contributed by atoms with Crippen LogP contribution in [0.2, 0.25) is 0 Å². The summed E-state index contributed by atoms with van der Waals surface area (Å²) in [5.74, 6) is 0.284. The molecule has 0 bridgehead atoms. The van der Waals surface area contributed by atoms with Gasteiger partial charge in [-0.1, -0.05) is 0 Å². The average molecular weight is 443 g/mol. The fourth-order valence-corrected chi connectivity index (χ4v) is 5.61. The first-order valence-corrected chi connectivity index (χ1v) is 11.6. The molecule has 2 aliphatic rings. The second-order valence-corrected chi connectivity index (χ2v) is 10.1. The minimum atomic E-state index is -1.08. The van der Waals surface area contributed by atoms with Crippen LogP contribution in [0.3, 0.4) is 0 Å². The molecule has 1 amide bonds. The molecular formula is C23H30N4O3S. The third kappa shape index (κ3) is 4.37. The van der Waals surface area contributed by atoms with Gasteiger partial charge in [0.25, 0.3) is 5.91 Å². The van der Waals surface area contributed by atoms with Gasteiger partial charge in [-0.15, -0.1) is 11.3 Å². The summed E-state index contributed by atoms with van der Waals surface area (Å²) in [5.41, 5.74) is 7.04. The van der Waals surface area contributed by atoms with Gasteiger partial charge in [0.05, 0.1) is 26.5 Å². The lowest BCUT2D eigenvalue weighted by Crippen LogP contribution is -2.35. The van der Waals surface area contributed by atoms with Gasteiger partial charge in [-0.25, -0.2) is 4.98 Å².